The lowest BCUT2D eigenvalue weighted by atomic mass is 10.2. The number of carbonyl (C=O) groups is 2. The second-order valence-electron chi connectivity index (χ2n) is 8.02. The number of amides is 2. The zero-order chi connectivity index (χ0) is 20.0. The first-order valence-corrected chi connectivity index (χ1v) is 11.1. The zero-order valence-electron chi connectivity index (χ0n) is 16.4. The molecule has 1 aromatic carbocycles. The van der Waals surface area contributed by atoms with Crippen molar-refractivity contribution >= 4 is 34.2 Å². The van der Waals surface area contributed by atoms with Crippen LogP contribution < -0.4 is 5.32 Å². The van der Waals surface area contributed by atoms with Gasteiger partial charge in [-0.3, -0.25) is 9.59 Å². The minimum absolute atomic E-state index is 0.0383. The molecule has 0 unspecified atom stereocenters. The van der Waals surface area contributed by atoms with E-state index in [1.165, 1.54) is 11.3 Å². The van der Waals surface area contributed by atoms with E-state index >= 15 is 0 Å². The Hall–Kier alpha value is -2.67. The fraction of sp³-hybridized carbons (Fsp3) is 0.409. The van der Waals surface area contributed by atoms with E-state index in [0.717, 1.165) is 59.0 Å². The van der Waals surface area contributed by atoms with E-state index < -0.39 is 0 Å². The number of carbonyl (C=O) groups excluding carboxylic acids is 2. The van der Waals surface area contributed by atoms with Gasteiger partial charge in [0.15, 0.2) is 0 Å². The van der Waals surface area contributed by atoms with Crippen molar-refractivity contribution in [3.63, 3.8) is 0 Å². The summed E-state index contributed by atoms with van der Waals surface area (Å²) in [5.41, 5.74) is 1.95. The molecule has 29 heavy (non-hydrogen) atoms. The summed E-state index contributed by atoms with van der Waals surface area (Å²) in [6.07, 6.45) is 3.00. The molecule has 0 bridgehead atoms. The Morgan fingerprint density at radius 2 is 2.00 bits per heavy atom. The molecule has 3 atom stereocenters. The van der Waals surface area contributed by atoms with Crippen molar-refractivity contribution < 1.29 is 9.59 Å². The molecule has 5 rings (SSSR count). The lowest BCUT2D eigenvalue weighted by molar-refractivity contribution is -0.123. The standard InChI is InChI=1S/C22H24N4O2S/c1-13(18-8-9-19(29-18)22(28)26-10-4-5-11-26)23-21(27)15-12-14(15)20-24-16-6-2-3-7-17(16)25-20/h2-3,6-9,13-15H,4-5,10-12H2,1H3,(H,23,27)(H,24,25)/t13-,14+,15+/m1/s1. The maximum atomic E-state index is 12.7. The Kier molecular flexibility index (Phi) is 4.62. The monoisotopic (exact) mass is 408 g/mol. The predicted molar refractivity (Wildman–Crippen MR) is 113 cm³/mol. The minimum Gasteiger partial charge on any atom is -0.349 e. The number of imidazole rings is 1. The van der Waals surface area contributed by atoms with Crippen molar-refractivity contribution in [2.24, 2.45) is 5.92 Å². The lowest BCUT2D eigenvalue weighted by Gasteiger charge is -2.14. The lowest BCUT2D eigenvalue weighted by Crippen LogP contribution is -2.28. The van der Waals surface area contributed by atoms with Crippen molar-refractivity contribution in [1.82, 2.24) is 20.2 Å². The van der Waals surface area contributed by atoms with E-state index in [-0.39, 0.29) is 29.7 Å². The number of H-pyrrole nitrogens is 1. The van der Waals surface area contributed by atoms with Crippen LogP contribution in [-0.2, 0) is 4.79 Å². The Morgan fingerprint density at radius 3 is 2.79 bits per heavy atom. The highest BCUT2D eigenvalue weighted by Crippen LogP contribution is 2.47. The number of nitrogens with zero attached hydrogens (tertiary/aromatic N) is 2. The van der Waals surface area contributed by atoms with Crippen LogP contribution in [0, 0.1) is 5.92 Å². The third-order valence-corrected chi connectivity index (χ3v) is 7.16. The fourth-order valence-electron chi connectivity index (χ4n) is 4.10. The minimum atomic E-state index is -0.107. The van der Waals surface area contributed by atoms with Gasteiger partial charge in [0.25, 0.3) is 5.91 Å². The predicted octanol–water partition coefficient (Wildman–Crippen LogP) is 3.84. The normalized spacial score (nSPS) is 22.0. The van der Waals surface area contributed by atoms with Crippen molar-refractivity contribution in [2.75, 3.05) is 13.1 Å². The average Bonchev–Trinajstić information content (AvgIpc) is 3.16. The molecule has 7 heteroatoms. The molecule has 2 N–H and O–H groups in total. The van der Waals surface area contributed by atoms with Crippen molar-refractivity contribution in [3.05, 3.63) is 52.0 Å². The third kappa shape index (κ3) is 3.55. The van der Waals surface area contributed by atoms with Gasteiger partial charge in [0.2, 0.25) is 5.91 Å². The van der Waals surface area contributed by atoms with Crippen LogP contribution in [0.5, 0.6) is 0 Å². The largest absolute Gasteiger partial charge is 0.349 e. The summed E-state index contributed by atoms with van der Waals surface area (Å²) in [5.74, 6) is 1.19. The number of hydrogen-bond acceptors (Lipinski definition) is 4. The van der Waals surface area contributed by atoms with Gasteiger partial charge in [-0.05, 0) is 50.5 Å². The molecule has 3 aromatic rings. The van der Waals surface area contributed by atoms with Gasteiger partial charge in [0.1, 0.15) is 5.82 Å². The molecule has 0 spiro atoms. The third-order valence-electron chi connectivity index (χ3n) is 5.90. The zero-order valence-corrected chi connectivity index (χ0v) is 17.2. The molecule has 2 aromatic heterocycles. The van der Waals surface area contributed by atoms with Gasteiger partial charge < -0.3 is 15.2 Å². The highest BCUT2D eigenvalue weighted by Gasteiger charge is 2.46. The van der Waals surface area contributed by atoms with Crippen LogP contribution in [0.3, 0.4) is 0 Å². The number of thiophene rings is 1. The summed E-state index contributed by atoms with van der Waals surface area (Å²) in [4.78, 5) is 36.9. The van der Waals surface area contributed by atoms with Gasteiger partial charge in [-0.2, -0.15) is 0 Å². The summed E-state index contributed by atoms with van der Waals surface area (Å²) in [6, 6.07) is 11.7. The summed E-state index contributed by atoms with van der Waals surface area (Å²) < 4.78 is 0. The molecular weight excluding hydrogens is 384 g/mol. The average molecular weight is 409 g/mol. The van der Waals surface area contributed by atoms with Crippen LogP contribution in [-0.4, -0.2) is 39.8 Å². The maximum Gasteiger partial charge on any atom is 0.263 e. The Bertz CT molecular complexity index is 1030. The summed E-state index contributed by atoms with van der Waals surface area (Å²) in [7, 11) is 0. The molecular formula is C22H24N4O2S. The molecule has 6 nitrogen and oxygen atoms in total. The second-order valence-corrected chi connectivity index (χ2v) is 9.13. The Labute approximate surface area is 173 Å². The van der Waals surface area contributed by atoms with Gasteiger partial charge in [0.05, 0.1) is 22.0 Å². The van der Waals surface area contributed by atoms with Crippen LogP contribution in [0.2, 0.25) is 0 Å². The van der Waals surface area contributed by atoms with Crippen LogP contribution in [0.4, 0.5) is 0 Å². The summed E-state index contributed by atoms with van der Waals surface area (Å²) in [5, 5.41) is 3.12. The van der Waals surface area contributed by atoms with Gasteiger partial charge in [0, 0.05) is 29.8 Å². The van der Waals surface area contributed by atoms with E-state index in [0.29, 0.717) is 0 Å². The van der Waals surface area contributed by atoms with Crippen LogP contribution in [0.1, 0.15) is 58.5 Å². The molecule has 150 valence electrons. The summed E-state index contributed by atoms with van der Waals surface area (Å²) >= 11 is 1.49. The molecule has 3 heterocycles. The first kappa shape index (κ1) is 18.4. The molecule has 2 amide bonds. The molecule has 2 fully saturated rings. The Morgan fingerprint density at radius 1 is 1.21 bits per heavy atom. The number of para-hydroxylation sites is 2. The molecule has 0 radical (unpaired) electrons. The van der Waals surface area contributed by atoms with E-state index in [2.05, 4.69) is 15.3 Å². The van der Waals surface area contributed by atoms with Crippen LogP contribution in [0.25, 0.3) is 11.0 Å². The number of fused-ring (bicyclic) bond motifs is 1. The molecule has 1 aliphatic carbocycles. The van der Waals surface area contributed by atoms with E-state index in [1.807, 2.05) is 48.2 Å². The number of nitrogens with one attached hydrogen (secondary N) is 2. The molecule has 1 aliphatic heterocycles. The number of benzene rings is 1. The van der Waals surface area contributed by atoms with E-state index in [4.69, 9.17) is 0 Å². The number of aromatic nitrogens is 2. The Balaban J connectivity index is 1.20. The number of aromatic amines is 1. The van der Waals surface area contributed by atoms with Crippen LogP contribution >= 0.6 is 11.3 Å². The topological polar surface area (TPSA) is 78.1 Å². The second kappa shape index (κ2) is 7.30. The first-order chi connectivity index (χ1) is 14.1. The summed E-state index contributed by atoms with van der Waals surface area (Å²) in [6.45, 7) is 3.68. The van der Waals surface area contributed by atoms with Gasteiger partial charge in [-0.15, -0.1) is 11.3 Å². The van der Waals surface area contributed by atoms with Crippen LogP contribution in [0.15, 0.2) is 36.4 Å². The molecule has 2 aliphatic rings. The molecule has 1 saturated heterocycles. The van der Waals surface area contributed by atoms with E-state index in [9.17, 15) is 9.59 Å². The quantitative estimate of drug-likeness (QED) is 0.673. The first-order valence-electron chi connectivity index (χ1n) is 10.2. The number of hydrogen-bond donors (Lipinski definition) is 2. The van der Waals surface area contributed by atoms with Gasteiger partial charge >= 0.3 is 0 Å². The number of likely N-dealkylation sites (tertiary alicyclic amines) is 1. The van der Waals surface area contributed by atoms with Crippen molar-refractivity contribution in [1.29, 1.82) is 0 Å². The van der Waals surface area contributed by atoms with E-state index in [1.54, 1.807) is 0 Å². The fourth-order valence-corrected chi connectivity index (χ4v) is 5.08. The van der Waals surface area contributed by atoms with Gasteiger partial charge in [-0.25, -0.2) is 4.98 Å². The highest BCUT2D eigenvalue weighted by atomic mass is 32.1. The van der Waals surface area contributed by atoms with Gasteiger partial charge in [-0.1, -0.05) is 12.1 Å². The van der Waals surface area contributed by atoms with Crippen molar-refractivity contribution in [3.8, 4) is 0 Å². The highest BCUT2D eigenvalue weighted by molar-refractivity contribution is 7.14. The SMILES string of the molecule is C[C@@H](NC(=O)[C@H]1C[C@@H]1c1nc2ccccc2[nH]1)c1ccc(C(=O)N2CCCC2)s1. The molecule has 1 saturated carbocycles. The number of rotatable bonds is 5. The van der Waals surface area contributed by atoms with Crippen molar-refractivity contribution in [2.45, 2.75) is 38.1 Å². The maximum absolute atomic E-state index is 12.7. The smallest absolute Gasteiger partial charge is 0.263 e.